The number of H-pyrrole nitrogens is 1. The molecule has 2 amide bonds. The first-order chi connectivity index (χ1) is 9.75. The van der Waals surface area contributed by atoms with E-state index in [0.717, 1.165) is 10.9 Å². The number of hydrogen-bond acceptors (Lipinski definition) is 2. The van der Waals surface area contributed by atoms with Gasteiger partial charge in [-0.3, -0.25) is 14.9 Å². The molecule has 0 atom stereocenters. The summed E-state index contributed by atoms with van der Waals surface area (Å²) in [6.45, 7) is 0. The lowest BCUT2D eigenvalue weighted by Crippen LogP contribution is -2.30. The first kappa shape index (κ1) is 12.2. The van der Waals surface area contributed by atoms with Gasteiger partial charge < -0.3 is 4.98 Å². The lowest BCUT2D eigenvalue weighted by molar-refractivity contribution is 0.0850. The van der Waals surface area contributed by atoms with Crippen molar-refractivity contribution in [3.05, 3.63) is 71.9 Å². The highest BCUT2D eigenvalue weighted by Crippen LogP contribution is 2.17. The van der Waals surface area contributed by atoms with Gasteiger partial charge in [0.05, 0.1) is 5.56 Å². The summed E-state index contributed by atoms with van der Waals surface area (Å²) in [5.41, 5.74) is 1.79. The summed E-state index contributed by atoms with van der Waals surface area (Å²) >= 11 is 0. The molecular formula is C16H12N2O2. The summed E-state index contributed by atoms with van der Waals surface area (Å²) in [5.74, 6) is -0.808. The molecule has 2 aromatic carbocycles. The molecule has 0 spiro atoms. The highest BCUT2D eigenvalue weighted by atomic mass is 16.2. The second kappa shape index (κ2) is 5.01. The zero-order chi connectivity index (χ0) is 13.9. The topological polar surface area (TPSA) is 62.0 Å². The van der Waals surface area contributed by atoms with E-state index in [9.17, 15) is 9.59 Å². The Morgan fingerprint density at radius 1 is 0.850 bits per heavy atom. The quantitative estimate of drug-likeness (QED) is 0.699. The molecule has 0 bridgehead atoms. The Balaban J connectivity index is 1.85. The summed E-state index contributed by atoms with van der Waals surface area (Å²) in [6, 6.07) is 16.1. The molecule has 0 aliphatic rings. The maximum atomic E-state index is 12.2. The van der Waals surface area contributed by atoms with E-state index in [1.165, 1.54) is 0 Å². The van der Waals surface area contributed by atoms with Gasteiger partial charge in [0.25, 0.3) is 11.8 Å². The molecule has 98 valence electrons. The maximum absolute atomic E-state index is 12.2. The van der Waals surface area contributed by atoms with Gasteiger partial charge in [0, 0.05) is 22.7 Å². The maximum Gasteiger partial charge on any atom is 0.260 e. The third-order valence-electron chi connectivity index (χ3n) is 3.10. The highest BCUT2D eigenvalue weighted by Gasteiger charge is 2.15. The SMILES string of the molecule is O=C(NC(=O)c1c[nH]c2ccccc12)c1ccccc1. The number of nitrogens with one attached hydrogen (secondary N) is 2. The van der Waals surface area contributed by atoms with E-state index in [1.807, 2.05) is 30.3 Å². The molecule has 1 aromatic heterocycles. The third kappa shape index (κ3) is 2.19. The minimum Gasteiger partial charge on any atom is -0.360 e. The van der Waals surface area contributed by atoms with E-state index >= 15 is 0 Å². The van der Waals surface area contributed by atoms with Crippen LogP contribution in [0.15, 0.2) is 60.8 Å². The second-order valence-electron chi connectivity index (χ2n) is 4.40. The number of carbonyl (C=O) groups excluding carboxylic acids is 2. The van der Waals surface area contributed by atoms with E-state index in [2.05, 4.69) is 10.3 Å². The van der Waals surface area contributed by atoms with Crippen molar-refractivity contribution in [3.63, 3.8) is 0 Å². The van der Waals surface area contributed by atoms with Crippen molar-refractivity contribution >= 4 is 22.7 Å². The Kier molecular flexibility index (Phi) is 3.05. The standard InChI is InChI=1S/C16H12N2O2/c19-15(11-6-2-1-3-7-11)18-16(20)13-10-17-14-9-5-4-8-12(13)14/h1-10,17H,(H,18,19,20). The smallest absolute Gasteiger partial charge is 0.260 e. The fourth-order valence-corrected chi connectivity index (χ4v) is 2.09. The third-order valence-corrected chi connectivity index (χ3v) is 3.10. The van der Waals surface area contributed by atoms with Crippen LogP contribution in [0.3, 0.4) is 0 Å². The predicted octanol–water partition coefficient (Wildman–Crippen LogP) is 2.74. The number of benzene rings is 2. The molecule has 0 saturated heterocycles. The normalized spacial score (nSPS) is 10.4. The van der Waals surface area contributed by atoms with Crippen LogP contribution in [-0.2, 0) is 0 Å². The summed E-state index contributed by atoms with van der Waals surface area (Å²) in [7, 11) is 0. The van der Waals surface area contributed by atoms with Crippen LogP contribution in [0.1, 0.15) is 20.7 Å². The van der Waals surface area contributed by atoms with E-state index in [1.54, 1.807) is 30.5 Å². The number of hydrogen-bond donors (Lipinski definition) is 2. The van der Waals surface area contributed by atoms with E-state index in [4.69, 9.17) is 0 Å². The van der Waals surface area contributed by atoms with Gasteiger partial charge in [0.15, 0.2) is 0 Å². The molecule has 0 aliphatic carbocycles. The molecular weight excluding hydrogens is 252 g/mol. The molecule has 0 unspecified atom stereocenters. The van der Waals surface area contributed by atoms with Crippen molar-refractivity contribution in [2.24, 2.45) is 0 Å². The zero-order valence-corrected chi connectivity index (χ0v) is 10.6. The minimum atomic E-state index is -0.406. The fraction of sp³-hybridized carbons (Fsp3) is 0. The van der Waals surface area contributed by atoms with Crippen molar-refractivity contribution in [2.75, 3.05) is 0 Å². The van der Waals surface area contributed by atoms with E-state index in [-0.39, 0.29) is 0 Å². The minimum absolute atomic E-state index is 0.402. The van der Waals surface area contributed by atoms with Gasteiger partial charge in [-0.1, -0.05) is 36.4 Å². The van der Waals surface area contributed by atoms with Crippen LogP contribution in [0.25, 0.3) is 10.9 Å². The average molecular weight is 264 g/mol. The Morgan fingerprint density at radius 2 is 1.55 bits per heavy atom. The number of amides is 2. The fourth-order valence-electron chi connectivity index (χ4n) is 2.09. The Labute approximate surface area is 115 Å². The van der Waals surface area contributed by atoms with E-state index in [0.29, 0.717) is 11.1 Å². The van der Waals surface area contributed by atoms with Crippen LogP contribution >= 0.6 is 0 Å². The van der Waals surface area contributed by atoms with Gasteiger partial charge in [-0.05, 0) is 18.2 Å². The largest absolute Gasteiger partial charge is 0.360 e. The second-order valence-corrected chi connectivity index (χ2v) is 4.40. The first-order valence-corrected chi connectivity index (χ1v) is 6.22. The summed E-state index contributed by atoms with van der Waals surface area (Å²) in [6.07, 6.45) is 1.61. The monoisotopic (exact) mass is 264 g/mol. The molecule has 4 nitrogen and oxygen atoms in total. The number of para-hydroxylation sites is 1. The average Bonchev–Trinajstić information content (AvgIpc) is 2.92. The van der Waals surface area contributed by atoms with Crippen LogP contribution in [-0.4, -0.2) is 16.8 Å². The van der Waals surface area contributed by atoms with Gasteiger partial charge in [0.1, 0.15) is 0 Å². The Hall–Kier alpha value is -2.88. The zero-order valence-electron chi connectivity index (χ0n) is 10.6. The molecule has 0 saturated carbocycles. The van der Waals surface area contributed by atoms with Gasteiger partial charge in [-0.25, -0.2) is 0 Å². The van der Waals surface area contributed by atoms with Crippen LogP contribution in [0, 0.1) is 0 Å². The van der Waals surface area contributed by atoms with Crippen molar-refractivity contribution in [1.82, 2.24) is 10.3 Å². The molecule has 20 heavy (non-hydrogen) atoms. The molecule has 2 N–H and O–H groups in total. The van der Waals surface area contributed by atoms with Crippen LogP contribution in [0.5, 0.6) is 0 Å². The van der Waals surface area contributed by atoms with Crippen molar-refractivity contribution in [3.8, 4) is 0 Å². The molecule has 4 heteroatoms. The van der Waals surface area contributed by atoms with Crippen LogP contribution in [0.4, 0.5) is 0 Å². The number of imide groups is 1. The Morgan fingerprint density at radius 3 is 2.35 bits per heavy atom. The molecule has 0 radical (unpaired) electrons. The van der Waals surface area contributed by atoms with Gasteiger partial charge in [-0.2, -0.15) is 0 Å². The van der Waals surface area contributed by atoms with E-state index < -0.39 is 11.8 Å². The summed E-state index contributed by atoms with van der Waals surface area (Å²) < 4.78 is 0. The van der Waals surface area contributed by atoms with Crippen molar-refractivity contribution in [2.45, 2.75) is 0 Å². The lowest BCUT2D eigenvalue weighted by Gasteiger charge is -2.03. The molecule has 1 heterocycles. The lowest BCUT2D eigenvalue weighted by atomic mass is 10.1. The van der Waals surface area contributed by atoms with Crippen LogP contribution < -0.4 is 5.32 Å². The number of fused-ring (bicyclic) bond motifs is 1. The summed E-state index contributed by atoms with van der Waals surface area (Å²) in [4.78, 5) is 27.1. The predicted molar refractivity (Wildman–Crippen MR) is 76.5 cm³/mol. The van der Waals surface area contributed by atoms with Gasteiger partial charge in [0.2, 0.25) is 0 Å². The molecule has 3 rings (SSSR count). The molecule has 3 aromatic rings. The highest BCUT2D eigenvalue weighted by molar-refractivity contribution is 6.15. The number of aromatic nitrogens is 1. The molecule has 0 aliphatic heterocycles. The number of carbonyl (C=O) groups is 2. The van der Waals surface area contributed by atoms with Gasteiger partial charge >= 0.3 is 0 Å². The van der Waals surface area contributed by atoms with Crippen LogP contribution in [0.2, 0.25) is 0 Å². The van der Waals surface area contributed by atoms with Crippen molar-refractivity contribution < 1.29 is 9.59 Å². The Bertz CT molecular complexity index is 775. The summed E-state index contributed by atoms with van der Waals surface area (Å²) in [5, 5.41) is 3.19. The number of rotatable bonds is 2. The van der Waals surface area contributed by atoms with Crippen molar-refractivity contribution in [1.29, 1.82) is 0 Å². The first-order valence-electron chi connectivity index (χ1n) is 6.22. The molecule has 0 fully saturated rings. The van der Waals surface area contributed by atoms with Gasteiger partial charge in [-0.15, -0.1) is 0 Å². The number of aromatic amines is 1.